The van der Waals surface area contributed by atoms with Crippen LogP contribution >= 0.6 is 0 Å². The monoisotopic (exact) mass is 308 g/mol. The summed E-state index contributed by atoms with van der Waals surface area (Å²) in [6.07, 6.45) is 2.41. The molecule has 3 N–H and O–H groups in total. The quantitative estimate of drug-likeness (QED) is 0.586. The maximum atomic E-state index is 12.1. The fraction of sp³-hybridized carbons (Fsp3) is 0.917. The molecule has 0 aromatic rings. The lowest BCUT2D eigenvalue weighted by Gasteiger charge is -2.30. The zero-order chi connectivity index (χ0) is 15.2. The van der Waals surface area contributed by atoms with Crippen LogP contribution in [0.5, 0.6) is 0 Å². The molecule has 1 rings (SSSR count). The van der Waals surface area contributed by atoms with E-state index < -0.39 is 22.1 Å². The van der Waals surface area contributed by atoms with E-state index in [2.05, 4.69) is 4.72 Å². The third-order valence-corrected chi connectivity index (χ3v) is 5.29. The fourth-order valence-corrected chi connectivity index (χ4v) is 3.68. The summed E-state index contributed by atoms with van der Waals surface area (Å²) in [5, 5.41) is 17.9. The molecule has 0 amide bonds. The van der Waals surface area contributed by atoms with Crippen molar-refractivity contribution in [2.24, 2.45) is 11.8 Å². The molecule has 1 fully saturated rings. The number of rotatable bonds is 8. The molecule has 0 saturated carbocycles. The number of aliphatic hydroxyl groups excluding tert-OH is 1. The number of piperidine rings is 1. The Morgan fingerprint density at radius 1 is 1.50 bits per heavy atom. The fourth-order valence-electron chi connectivity index (χ4n) is 2.31. The molecule has 7 nitrogen and oxygen atoms in total. The van der Waals surface area contributed by atoms with Crippen LogP contribution < -0.4 is 4.72 Å². The average molecular weight is 308 g/mol. The lowest BCUT2D eigenvalue weighted by atomic mass is 10.0. The number of carboxylic acid groups (broad SMARTS) is 1. The molecule has 0 radical (unpaired) electrons. The van der Waals surface area contributed by atoms with E-state index in [-0.39, 0.29) is 25.6 Å². The third-order valence-electron chi connectivity index (χ3n) is 3.74. The van der Waals surface area contributed by atoms with E-state index in [9.17, 15) is 13.2 Å². The van der Waals surface area contributed by atoms with Gasteiger partial charge < -0.3 is 10.2 Å². The van der Waals surface area contributed by atoms with Crippen LogP contribution in [0, 0.1) is 11.8 Å². The lowest BCUT2D eigenvalue weighted by Crippen LogP contribution is -2.48. The molecule has 2 atom stereocenters. The van der Waals surface area contributed by atoms with Crippen LogP contribution in [0.1, 0.15) is 32.6 Å². The first-order valence-electron chi connectivity index (χ1n) is 6.99. The van der Waals surface area contributed by atoms with Crippen molar-refractivity contribution < 1.29 is 23.4 Å². The summed E-state index contributed by atoms with van der Waals surface area (Å²) >= 11 is 0. The molecule has 2 unspecified atom stereocenters. The average Bonchev–Trinajstić information content (AvgIpc) is 2.43. The highest BCUT2D eigenvalue weighted by Crippen LogP contribution is 2.19. The number of nitrogens with one attached hydrogen (secondary N) is 1. The highest BCUT2D eigenvalue weighted by molar-refractivity contribution is 7.87. The van der Waals surface area contributed by atoms with E-state index in [1.54, 1.807) is 0 Å². The Morgan fingerprint density at radius 2 is 2.20 bits per heavy atom. The van der Waals surface area contributed by atoms with E-state index in [1.807, 2.05) is 6.92 Å². The topological polar surface area (TPSA) is 107 Å². The van der Waals surface area contributed by atoms with E-state index in [0.29, 0.717) is 25.8 Å². The molecule has 8 heteroatoms. The van der Waals surface area contributed by atoms with Gasteiger partial charge in [-0.3, -0.25) is 4.79 Å². The van der Waals surface area contributed by atoms with Crippen molar-refractivity contribution >= 4 is 16.2 Å². The zero-order valence-corrected chi connectivity index (χ0v) is 12.6. The Kier molecular flexibility index (Phi) is 6.87. The van der Waals surface area contributed by atoms with Crippen LogP contribution in [0.25, 0.3) is 0 Å². The minimum atomic E-state index is -3.63. The summed E-state index contributed by atoms with van der Waals surface area (Å²) < 4.78 is 28.0. The Bertz CT molecular complexity index is 412. The molecule has 0 aromatic carbocycles. The molecular formula is C12H24N2O5S. The van der Waals surface area contributed by atoms with Gasteiger partial charge in [0, 0.05) is 26.2 Å². The third kappa shape index (κ3) is 5.01. The smallest absolute Gasteiger partial charge is 0.307 e. The minimum absolute atomic E-state index is 0.0292. The molecule has 1 aliphatic heterocycles. The zero-order valence-electron chi connectivity index (χ0n) is 11.8. The summed E-state index contributed by atoms with van der Waals surface area (Å²) in [4.78, 5) is 11.0. The minimum Gasteiger partial charge on any atom is -0.481 e. The predicted octanol–water partition coefficient (Wildman–Crippen LogP) is 0.0260. The molecular weight excluding hydrogens is 284 g/mol. The van der Waals surface area contributed by atoms with Crippen molar-refractivity contribution in [2.45, 2.75) is 32.6 Å². The Morgan fingerprint density at radius 3 is 2.75 bits per heavy atom. The molecule has 118 valence electrons. The van der Waals surface area contributed by atoms with E-state index in [4.69, 9.17) is 10.2 Å². The van der Waals surface area contributed by atoms with E-state index in [0.717, 1.165) is 6.42 Å². The first kappa shape index (κ1) is 17.4. The lowest BCUT2D eigenvalue weighted by molar-refractivity contribution is -0.142. The molecule has 0 spiro atoms. The maximum Gasteiger partial charge on any atom is 0.307 e. The number of carboxylic acids is 1. The van der Waals surface area contributed by atoms with Gasteiger partial charge in [0.05, 0.1) is 5.92 Å². The SMILES string of the molecule is CCC(CCO)CNS(=O)(=O)N1CCCC(C(=O)O)C1. The van der Waals surface area contributed by atoms with Crippen molar-refractivity contribution in [2.75, 3.05) is 26.2 Å². The van der Waals surface area contributed by atoms with Gasteiger partial charge in [0.1, 0.15) is 0 Å². The molecule has 1 saturated heterocycles. The number of hydrogen-bond acceptors (Lipinski definition) is 4. The van der Waals surface area contributed by atoms with Crippen molar-refractivity contribution in [1.29, 1.82) is 0 Å². The van der Waals surface area contributed by atoms with Crippen molar-refractivity contribution in [3.63, 3.8) is 0 Å². The number of carbonyl (C=O) groups is 1. The van der Waals surface area contributed by atoms with E-state index in [1.165, 1.54) is 4.31 Å². The number of hydrogen-bond donors (Lipinski definition) is 3. The van der Waals surface area contributed by atoms with Gasteiger partial charge in [-0.2, -0.15) is 12.7 Å². The second kappa shape index (κ2) is 7.92. The van der Waals surface area contributed by atoms with Gasteiger partial charge in [-0.05, 0) is 25.2 Å². The van der Waals surface area contributed by atoms with Crippen LogP contribution in [0.2, 0.25) is 0 Å². The Labute approximate surface area is 120 Å². The van der Waals surface area contributed by atoms with Gasteiger partial charge in [0.25, 0.3) is 10.2 Å². The van der Waals surface area contributed by atoms with Crippen LogP contribution in [-0.4, -0.2) is 55.1 Å². The maximum absolute atomic E-state index is 12.1. The molecule has 0 bridgehead atoms. The van der Waals surface area contributed by atoms with Gasteiger partial charge in [-0.25, -0.2) is 4.72 Å². The van der Waals surface area contributed by atoms with Gasteiger partial charge in [0.2, 0.25) is 0 Å². The largest absolute Gasteiger partial charge is 0.481 e. The molecule has 1 heterocycles. The molecule has 20 heavy (non-hydrogen) atoms. The first-order valence-corrected chi connectivity index (χ1v) is 8.43. The van der Waals surface area contributed by atoms with Gasteiger partial charge in [-0.15, -0.1) is 0 Å². The standard InChI is InChI=1S/C12H24N2O5S/c1-2-10(5-7-15)8-13-20(18,19)14-6-3-4-11(9-14)12(16)17/h10-11,13,15H,2-9H2,1H3,(H,16,17). The second-order valence-electron chi connectivity index (χ2n) is 5.18. The first-order chi connectivity index (χ1) is 9.40. The summed E-state index contributed by atoms with van der Waals surface area (Å²) in [5.74, 6) is -1.48. The van der Waals surface area contributed by atoms with Crippen LogP contribution in [0.15, 0.2) is 0 Å². The number of aliphatic carboxylic acids is 1. The van der Waals surface area contributed by atoms with Crippen LogP contribution in [-0.2, 0) is 15.0 Å². The molecule has 0 aromatic heterocycles. The second-order valence-corrected chi connectivity index (χ2v) is 6.93. The molecule has 0 aliphatic carbocycles. The summed E-state index contributed by atoms with van der Waals surface area (Å²) in [6.45, 7) is 2.63. The Hall–Kier alpha value is -0.700. The summed E-state index contributed by atoms with van der Waals surface area (Å²) in [7, 11) is -3.63. The van der Waals surface area contributed by atoms with Crippen molar-refractivity contribution in [3.05, 3.63) is 0 Å². The van der Waals surface area contributed by atoms with Crippen LogP contribution in [0.4, 0.5) is 0 Å². The predicted molar refractivity (Wildman–Crippen MR) is 74.3 cm³/mol. The Balaban J connectivity index is 2.57. The van der Waals surface area contributed by atoms with Crippen molar-refractivity contribution in [1.82, 2.24) is 9.03 Å². The van der Waals surface area contributed by atoms with Crippen LogP contribution in [0.3, 0.4) is 0 Å². The molecule has 1 aliphatic rings. The number of aliphatic hydroxyl groups is 1. The summed E-state index contributed by atoms with van der Waals surface area (Å²) in [5.41, 5.74) is 0. The number of nitrogens with zero attached hydrogens (tertiary/aromatic N) is 1. The van der Waals surface area contributed by atoms with Gasteiger partial charge in [-0.1, -0.05) is 13.3 Å². The normalized spacial score (nSPS) is 22.6. The highest BCUT2D eigenvalue weighted by atomic mass is 32.2. The van der Waals surface area contributed by atoms with Gasteiger partial charge >= 0.3 is 5.97 Å². The van der Waals surface area contributed by atoms with Gasteiger partial charge in [0.15, 0.2) is 0 Å². The highest BCUT2D eigenvalue weighted by Gasteiger charge is 2.32. The summed E-state index contributed by atoms with van der Waals surface area (Å²) in [6, 6.07) is 0. The van der Waals surface area contributed by atoms with E-state index >= 15 is 0 Å². The van der Waals surface area contributed by atoms with Crippen molar-refractivity contribution in [3.8, 4) is 0 Å².